The van der Waals surface area contributed by atoms with Gasteiger partial charge in [-0.3, -0.25) is 4.79 Å². The number of furan rings is 1. The molecule has 0 radical (unpaired) electrons. The zero-order chi connectivity index (χ0) is 21.9. The van der Waals surface area contributed by atoms with Gasteiger partial charge in [0.25, 0.3) is 0 Å². The molecule has 0 aliphatic carbocycles. The van der Waals surface area contributed by atoms with Gasteiger partial charge in [-0.25, -0.2) is 10.1 Å². The number of aromatic nitrogens is 2. The van der Waals surface area contributed by atoms with E-state index >= 15 is 0 Å². The van der Waals surface area contributed by atoms with Crippen LogP contribution in [0.4, 0.5) is 0 Å². The van der Waals surface area contributed by atoms with Crippen molar-refractivity contribution >= 4 is 23.1 Å². The minimum atomic E-state index is -0.412. The van der Waals surface area contributed by atoms with E-state index in [1.54, 1.807) is 17.0 Å². The van der Waals surface area contributed by atoms with E-state index < -0.39 is 5.91 Å². The second kappa shape index (κ2) is 8.35. The van der Waals surface area contributed by atoms with E-state index in [4.69, 9.17) is 9.52 Å². The Hall–Kier alpha value is -4.45. The summed E-state index contributed by atoms with van der Waals surface area (Å²) in [6.07, 6.45) is 3.49. The van der Waals surface area contributed by atoms with Gasteiger partial charge in [-0.2, -0.15) is 10.2 Å². The van der Waals surface area contributed by atoms with Crippen LogP contribution in [-0.2, 0) is 0 Å². The standard InChI is InChI=1S/C26H20N4O2/c1-18-8-7-10-20(14-18)25-21(17-30(29-25)22-11-3-2-4-12-22)16-27-28-26(31)24-15-19-9-5-6-13-23(19)32-24/h2-17H,1H3,(H,28,31)/b27-16-. The van der Waals surface area contributed by atoms with Gasteiger partial charge in [-0.15, -0.1) is 0 Å². The third kappa shape index (κ3) is 3.94. The fourth-order valence-electron chi connectivity index (χ4n) is 3.52. The van der Waals surface area contributed by atoms with Gasteiger partial charge < -0.3 is 4.42 Å². The number of hydrazone groups is 1. The van der Waals surface area contributed by atoms with E-state index in [0.717, 1.165) is 33.5 Å². The van der Waals surface area contributed by atoms with Crippen LogP contribution in [-0.4, -0.2) is 21.9 Å². The van der Waals surface area contributed by atoms with Crippen LogP contribution in [0.5, 0.6) is 0 Å². The quantitative estimate of drug-likeness (QED) is 0.307. The second-order valence-electron chi connectivity index (χ2n) is 7.43. The van der Waals surface area contributed by atoms with E-state index in [0.29, 0.717) is 5.58 Å². The highest BCUT2D eigenvalue weighted by atomic mass is 16.3. The molecule has 0 unspecified atom stereocenters. The molecule has 0 saturated heterocycles. The number of nitrogens with zero attached hydrogens (tertiary/aromatic N) is 3. The molecule has 0 bridgehead atoms. The Labute approximate surface area is 184 Å². The fraction of sp³-hybridized carbons (Fsp3) is 0.0385. The number of nitrogens with one attached hydrogen (secondary N) is 1. The average molecular weight is 420 g/mol. The van der Waals surface area contributed by atoms with Gasteiger partial charge in [0.2, 0.25) is 0 Å². The molecule has 0 spiro atoms. The molecule has 6 heteroatoms. The van der Waals surface area contributed by atoms with Crippen molar-refractivity contribution in [1.29, 1.82) is 0 Å². The van der Waals surface area contributed by atoms with Crippen molar-refractivity contribution in [3.8, 4) is 16.9 Å². The Morgan fingerprint density at radius 1 is 1.00 bits per heavy atom. The van der Waals surface area contributed by atoms with E-state index in [2.05, 4.69) is 16.6 Å². The molecule has 2 aromatic heterocycles. The monoisotopic (exact) mass is 420 g/mol. The maximum Gasteiger partial charge on any atom is 0.307 e. The predicted octanol–water partition coefficient (Wildman–Crippen LogP) is 5.36. The number of aryl methyl sites for hydroxylation is 1. The lowest BCUT2D eigenvalue weighted by atomic mass is 10.1. The highest BCUT2D eigenvalue weighted by Gasteiger charge is 2.13. The van der Waals surface area contributed by atoms with Crippen LogP contribution in [0.25, 0.3) is 27.9 Å². The molecule has 3 aromatic carbocycles. The summed E-state index contributed by atoms with van der Waals surface area (Å²) in [7, 11) is 0. The summed E-state index contributed by atoms with van der Waals surface area (Å²) in [6, 6.07) is 27.1. The first-order chi connectivity index (χ1) is 15.7. The molecular weight excluding hydrogens is 400 g/mol. The molecule has 156 valence electrons. The predicted molar refractivity (Wildman–Crippen MR) is 125 cm³/mol. The van der Waals surface area contributed by atoms with Crippen molar-refractivity contribution in [1.82, 2.24) is 15.2 Å². The molecule has 32 heavy (non-hydrogen) atoms. The van der Waals surface area contributed by atoms with E-state index in [1.165, 1.54) is 0 Å². The Morgan fingerprint density at radius 2 is 1.81 bits per heavy atom. The molecule has 0 aliphatic heterocycles. The summed E-state index contributed by atoms with van der Waals surface area (Å²) in [4.78, 5) is 12.5. The van der Waals surface area contributed by atoms with Gasteiger partial charge in [0.1, 0.15) is 11.3 Å². The number of carbonyl (C=O) groups excluding carboxylic acids is 1. The van der Waals surface area contributed by atoms with Gasteiger partial charge in [0.05, 0.1) is 11.9 Å². The van der Waals surface area contributed by atoms with Crippen LogP contribution in [0.15, 0.2) is 101 Å². The highest BCUT2D eigenvalue weighted by Crippen LogP contribution is 2.24. The first kappa shape index (κ1) is 19.5. The molecule has 5 aromatic rings. The summed E-state index contributed by atoms with van der Waals surface area (Å²) in [5, 5.41) is 9.80. The van der Waals surface area contributed by atoms with Crippen LogP contribution in [0, 0.1) is 6.92 Å². The Kier molecular flexibility index (Phi) is 5.09. The zero-order valence-electron chi connectivity index (χ0n) is 17.4. The van der Waals surface area contributed by atoms with Gasteiger partial charge >= 0.3 is 5.91 Å². The first-order valence-corrected chi connectivity index (χ1v) is 10.2. The normalized spacial score (nSPS) is 11.3. The Balaban J connectivity index is 1.44. The number of fused-ring (bicyclic) bond motifs is 1. The largest absolute Gasteiger partial charge is 0.451 e. The summed E-state index contributed by atoms with van der Waals surface area (Å²) in [6.45, 7) is 2.04. The molecule has 0 aliphatic rings. The number of hydrogen-bond acceptors (Lipinski definition) is 4. The van der Waals surface area contributed by atoms with Crippen molar-refractivity contribution in [3.05, 3.63) is 108 Å². The van der Waals surface area contributed by atoms with Crippen molar-refractivity contribution in [2.75, 3.05) is 0 Å². The van der Waals surface area contributed by atoms with Gasteiger partial charge in [0, 0.05) is 22.7 Å². The van der Waals surface area contributed by atoms with Gasteiger partial charge in [-0.05, 0) is 37.3 Å². The number of para-hydroxylation sites is 2. The third-order valence-electron chi connectivity index (χ3n) is 5.07. The molecule has 1 N–H and O–H groups in total. The number of carbonyl (C=O) groups is 1. The summed E-state index contributed by atoms with van der Waals surface area (Å²) in [5.74, 6) is -0.202. The minimum Gasteiger partial charge on any atom is -0.451 e. The van der Waals surface area contributed by atoms with Crippen molar-refractivity contribution in [3.63, 3.8) is 0 Å². The lowest BCUT2D eigenvalue weighted by molar-refractivity contribution is 0.0929. The molecule has 5 rings (SSSR count). The smallest absolute Gasteiger partial charge is 0.307 e. The maximum absolute atomic E-state index is 12.5. The van der Waals surface area contributed by atoms with Crippen LogP contribution in [0.3, 0.4) is 0 Å². The van der Waals surface area contributed by atoms with Crippen molar-refractivity contribution < 1.29 is 9.21 Å². The van der Waals surface area contributed by atoms with Crippen LogP contribution in [0.2, 0.25) is 0 Å². The molecule has 1 amide bonds. The van der Waals surface area contributed by atoms with E-state index in [1.807, 2.05) is 85.9 Å². The molecule has 0 saturated carbocycles. The van der Waals surface area contributed by atoms with E-state index in [9.17, 15) is 4.79 Å². The molecular formula is C26H20N4O2. The first-order valence-electron chi connectivity index (χ1n) is 10.2. The number of hydrogen-bond donors (Lipinski definition) is 1. The summed E-state index contributed by atoms with van der Waals surface area (Å²) >= 11 is 0. The third-order valence-corrected chi connectivity index (χ3v) is 5.07. The number of rotatable bonds is 5. The van der Waals surface area contributed by atoms with Crippen LogP contribution < -0.4 is 5.43 Å². The fourth-order valence-corrected chi connectivity index (χ4v) is 3.52. The van der Waals surface area contributed by atoms with Crippen molar-refractivity contribution in [2.45, 2.75) is 6.92 Å². The molecule has 0 atom stereocenters. The van der Waals surface area contributed by atoms with Gasteiger partial charge in [-0.1, -0.05) is 60.2 Å². The zero-order valence-corrected chi connectivity index (χ0v) is 17.4. The summed E-state index contributed by atoms with van der Waals surface area (Å²) < 4.78 is 7.40. The topological polar surface area (TPSA) is 72.4 Å². The van der Waals surface area contributed by atoms with Gasteiger partial charge in [0.15, 0.2) is 5.76 Å². The molecule has 2 heterocycles. The second-order valence-corrected chi connectivity index (χ2v) is 7.43. The lowest BCUT2D eigenvalue weighted by Crippen LogP contribution is -2.16. The molecule has 0 fully saturated rings. The number of benzene rings is 3. The minimum absolute atomic E-state index is 0.210. The summed E-state index contributed by atoms with van der Waals surface area (Å²) in [5.41, 5.74) is 7.82. The highest BCUT2D eigenvalue weighted by molar-refractivity contribution is 5.97. The maximum atomic E-state index is 12.5. The van der Waals surface area contributed by atoms with E-state index in [-0.39, 0.29) is 5.76 Å². The molecule has 6 nitrogen and oxygen atoms in total. The Bertz CT molecular complexity index is 1400. The van der Waals surface area contributed by atoms with Crippen molar-refractivity contribution in [2.24, 2.45) is 5.10 Å². The SMILES string of the molecule is Cc1cccc(-c2nn(-c3ccccc3)cc2/C=N\NC(=O)c2cc3ccccc3o2)c1. The number of amides is 1. The Morgan fingerprint density at radius 3 is 2.62 bits per heavy atom. The average Bonchev–Trinajstić information content (AvgIpc) is 3.44. The van der Waals surface area contributed by atoms with Crippen LogP contribution >= 0.6 is 0 Å². The van der Waals surface area contributed by atoms with Crippen LogP contribution in [0.1, 0.15) is 21.7 Å². The lowest BCUT2D eigenvalue weighted by Gasteiger charge is -2.01.